The van der Waals surface area contributed by atoms with E-state index in [0.717, 1.165) is 51.3 Å². The zero-order chi connectivity index (χ0) is 22.0. The molecule has 0 saturated heterocycles. The summed E-state index contributed by atoms with van der Waals surface area (Å²) in [6, 6.07) is 11.9. The maximum absolute atomic E-state index is 12.9. The number of carbonyl (C=O) groups is 1. The molecule has 7 heteroatoms. The summed E-state index contributed by atoms with van der Waals surface area (Å²) in [4.78, 5) is 17.5. The third-order valence-electron chi connectivity index (χ3n) is 5.35. The van der Waals surface area contributed by atoms with Crippen LogP contribution < -0.4 is 14.8 Å². The van der Waals surface area contributed by atoms with E-state index in [9.17, 15) is 4.79 Å². The highest BCUT2D eigenvalue weighted by molar-refractivity contribution is 8.00. The van der Waals surface area contributed by atoms with Crippen LogP contribution in [0.25, 0.3) is 11.3 Å². The molecule has 0 fully saturated rings. The quantitative estimate of drug-likeness (QED) is 0.545. The Balaban J connectivity index is 1.53. The molecule has 1 unspecified atom stereocenters. The van der Waals surface area contributed by atoms with Gasteiger partial charge in [-0.3, -0.25) is 4.79 Å². The van der Waals surface area contributed by atoms with E-state index in [2.05, 4.69) is 21.8 Å². The first-order valence-electron chi connectivity index (χ1n) is 10.5. The first kappa shape index (κ1) is 21.3. The molecular weight excluding hydrogens is 410 g/mol. The van der Waals surface area contributed by atoms with Crippen molar-refractivity contribution in [3.05, 3.63) is 53.7 Å². The second-order valence-corrected chi connectivity index (χ2v) is 8.85. The van der Waals surface area contributed by atoms with E-state index in [1.807, 2.05) is 63.4 Å². The van der Waals surface area contributed by atoms with Gasteiger partial charge in [0.2, 0.25) is 5.91 Å². The fourth-order valence-electron chi connectivity index (χ4n) is 3.64. The molecule has 0 spiro atoms. The molecule has 0 saturated carbocycles. The second kappa shape index (κ2) is 9.06. The van der Waals surface area contributed by atoms with Gasteiger partial charge < -0.3 is 19.4 Å². The number of ether oxygens (including phenoxy) is 2. The van der Waals surface area contributed by atoms with Crippen LogP contribution in [0.2, 0.25) is 0 Å². The summed E-state index contributed by atoms with van der Waals surface area (Å²) in [5.41, 5.74) is 5.00. The van der Waals surface area contributed by atoms with Crippen molar-refractivity contribution in [1.29, 1.82) is 0 Å². The van der Waals surface area contributed by atoms with Crippen molar-refractivity contribution in [3.63, 3.8) is 0 Å². The van der Waals surface area contributed by atoms with Gasteiger partial charge in [-0.2, -0.15) is 0 Å². The summed E-state index contributed by atoms with van der Waals surface area (Å²) >= 11 is 1.46. The normalized spacial score (nSPS) is 13.7. The number of thioether (sulfide) groups is 1. The van der Waals surface area contributed by atoms with E-state index < -0.39 is 0 Å². The third-order valence-corrected chi connectivity index (χ3v) is 6.46. The van der Waals surface area contributed by atoms with Gasteiger partial charge in [-0.25, -0.2) is 4.98 Å². The zero-order valence-corrected chi connectivity index (χ0v) is 19.1. The molecule has 6 nitrogen and oxygen atoms in total. The fourth-order valence-corrected chi connectivity index (χ4v) is 4.59. The van der Waals surface area contributed by atoms with Crippen molar-refractivity contribution in [2.75, 3.05) is 18.5 Å². The van der Waals surface area contributed by atoms with Crippen LogP contribution in [0.4, 0.5) is 5.69 Å². The Labute approximate surface area is 187 Å². The molecular formula is C24H27N3O3S. The van der Waals surface area contributed by atoms with Crippen LogP contribution in [0.3, 0.4) is 0 Å². The molecule has 0 bridgehead atoms. The molecule has 1 atom stereocenters. The standard InChI is InChI=1S/C24H27N3O3S/c1-5-27-19(18-9-10-20-21(13-18)30-12-11-29-20)14-25-24(27)31-17(4)23(28)26-22-15(2)7-6-8-16(22)3/h6-10,13-14,17H,5,11-12H2,1-4H3,(H,26,28). The van der Waals surface area contributed by atoms with Gasteiger partial charge in [0, 0.05) is 17.8 Å². The minimum atomic E-state index is -0.292. The van der Waals surface area contributed by atoms with E-state index in [0.29, 0.717) is 13.2 Å². The highest BCUT2D eigenvalue weighted by atomic mass is 32.2. The van der Waals surface area contributed by atoms with Gasteiger partial charge >= 0.3 is 0 Å². The van der Waals surface area contributed by atoms with Gasteiger partial charge in [-0.1, -0.05) is 30.0 Å². The SMILES string of the molecule is CCn1c(-c2ccc3c(c2)OCCO3)cnc1SC(C)C(=O)Nc1c(C)cccc1C. The van der Waals surface area contributed by atoms with Gasteiger partial charge in [0.05, 0.1) is 17.1 Å². The molecule has 3 aromatic rings. The lowest BCUT2D eigenvalue weighted by Crippen LogP contribution is -2.23. The van der Waals surface area contributed by atoms with Gasteiger partial charge in [0.25, 0.3) is 0 Å². The number of hydrogen-bond donors (Lipinski definition) is 1. The van der Waals surface area contributed by atoms with Crippen molar-refractivity contribution >= 4 is 23.4 Å². The minimum Gasteiger partial charge on any atom is -0.486 e. The number of carbonyl (C=O) groups excluding carboxylic acids is 1. The number of rotatable bonds is 6. The monoisotopic (exact) mass is 437 g/mol. The lowest BCUT2D eigenvalue weighted by molar-refractivity contribution is -0.115. The summed E-state index contributed by atoms with van der Waals surface area (Å²) < 4.78 is 13.5. The molecule has 1 aromatic heterocycles. The van der Waals surface area contributed by atoms with Crippen molar-refractivity contribution in [1.82, 2.24) is 9.55 Å². The zero-order valence-electron chi connectivity index (χ0n) is 18.3. The molecule has 2 heterocycles. The number of para-hydroxylation sites is 1. The number of aromatic nitrogens is 2. The van der Waals surface area contributed by atoms with Crippen LogP contribution >= 0.6 is 11.8 Å². The second-order valence-electron chi connectivity index (χ2n) is 7.54. The number of nitrogens with one attached hydrogen (secondary N) is 1. The number of fused-ring (bicyclic) bond motifs is 1. The Hall–Kier alpha value is -2.93. The summed E-state index contributed by atoms with van der Waals surface area (Å²) in [5.74, 6) is 1.49. The van der Waals surface area contributed by atoms with Crippen LogP contribution in [0.1, 0.15) is 25.0 Å². The topological polar surface area (TPSA) is 65.4 Å². The number of imidazole rings is 1. The molecule has 4 rings (SSSR count). The highest BCUT2D eigenvalue weighted by Gasteiger charge is 2.21. The van der Waals surface area contributed by atoms with Crippen LogP contribution in [0.15, 0.2) is 47.8 Å². The number of aryl methyl sites for hydroxylation is 2. The third kappa shape index (κ3) is 4.42. The first-order valence-corrected chi connectivity index (χ1v) is 11.3. The molecule has 1 N–H and O–H groups in total. The summed E-state index contributed by atoms with van der Waals surface area (Å²) in [6.07, 6.45) is 1.85. The fraction of sp³-hybridized carbons (Fsp3) is 0.333. The van der Waals surface area contributed by atoms with Crippen molar-refractivity contribution < 1.29 is 14.3 Å². The van der Waals surface area contributed by atoms with Gasteiger partial charge in [0.15, 0.2) is 16.7 Å². The molecule has 1 amide bonds. The minimum absolute atomic E-state index is 0.0334. The van der Waals surface area contributed by atoms with Crippen LogP contribution in [-0.4, -0.2) is 33.9 Å². The molecule has 162 valence electrons. The van der Waals surface area contributed by atoms with E-state index >= 15 is 0 Å². The number of amides is 1. The highest BCUT2D eigenvalue weighted by Crippen LogP contribution is 2.36. The molecule has 1 aliphatic rings. The van der Waals surface area contributed by atoms with E-state index in [4.69, 9.17) is 9.47 Å². The Morgan fingerprint density at radius 2 is 1.87 bits per heavy atom. The smallest absolute Gasteiger partial charge is 0.237 e. The predicted octanol–water partition coefficient (Wildman–Crippen LogP) is 5.08. The molecule has 31 heavy (non-hydrogen) atoms. The lowest BCUT2D eigenvalue weighted by Gasteiger charge is -2.19. The van der Waals surface area contributed by atoms with E-state index in [1.165, 1.54) is 11.8 Å². The van der Waals surface area contributed by atoms with Crippen LogP contribution in [-0.2, 0) is 11.3 Å². The van der Waals surface area contributed by atoms with Gasteiger partial charge in [-0.15, -0.1) is 0 Å². The first-order chi connectivity index (χ1) is 15.0. The largest absolute Gasteiger partial charge is 0.486 e. The molecule has 0 radical (unpaired) electrons. The average Bonchev–Trinajstić information content (AvgIpc) is 3.18. The maximum Gasteiger partial charge on any atom is 0.237 e. The number of benzene rings is 2. The van der Waals surface area contributed by atoms with Gasteiger partial charge in [-0.05, 0) is 57.0 Å². The Morgan fingerprint density at radius 1 is 1.16 bits per heavy atom. The lowest BCUT2D eigenvalue weighted by atomic mass is 10.1. The number of anilines is 1. The average molecular weight is 438 g/mol. The molecule has 1 aliphatic heterocycles. The Morgan fingerprint density at radius 3 is 2.58 bits per heavy atom. The predicted molar refractivity (Wildman–Crippen MR) is 124 cm³/mol. The van der Waals surface area contributed by atoms with E-state index in [1.54, 1.807) is 0 Å². The van der Waals surface area contributed by atoms with Gasteiger partial charge in [0.1, 0.15) is 13.2 Å². The maximum atomic E-state index is 12.9. The molecule has 0 aliphatic carbocycles. The Bertz CT molecular complexity index is 1090. The summed E-state index contributed by atoms with van der Waals surface area (Å²) in [7, 11) is 0. The van der Waals surface area contributed by atoms with Crippen molar-refractivity contribution in [3.8, 4) is 22.8 Å². The van der Waals surface area contributed by atoms with Crippen molar-refractivity contribution in [2.45, 2.75) is 44.6 Å². The van der Waals surface area contributed by atoms with E-state index in [-0.39, 0.29) is 11.2 Å². The molecule has 2 aromatic carbocycles. The summed E-state index contributed by atoms with van der Waals surface area (Å²) in [6.45, 7) is 9.87. The number of nitrogens with zero attached hydrogens (tertiary/aromatic N) is 2. The van der Waals surface area contributed by atoms with Crippen LogP contribution in [0.5, 0.6) is 11.5 Å². The Kier molecular flexibility index (Phi) is 6.23. The summed E-state index contributed by atoms with van der Waals surface area (Å²) in [5, 5.41) is 3.61. The van der Waals surface area contributed by atoms with Crippen LogP contribution in [0, 0.1) is 13.8 Å². The van der Waals surface area contributed by atoms with Crippen molar-refractivity contribution in [2.24, 2.45) is 0 Å². The number of hydrogen-bond acceptors (Lipinski definition) is 5.